The highest BCUT2D eigenvalue weighted by atomic mass is 15.1. The molecule has 1 heterocycles. The molecule has 0 bridgehead atoms. The van der Waals surface area contributed by atoms with Crippen LogP contribution in [0.5, 0.6) is 0 Å². The molecule has 0 aliphatic carbocycles. The van der Waals surface area contributed by atoms with Gasteiger partial charge in [-0.3, -0.25) is 0 Å². The van der Waals surface area contributed by atoms with Crippen molar-refractivity contribution < 1.29 is 0 Å². The first-order chi connectivity index (χ1) is 12.7. The molecular weight excluding hydrogens is 320 g/mol. The Hall–Kier alpha value is -3.14. The van der Waals surface area contributed by atoms with Crippen molar-refractivity contribution in [3.8, 4) is 11.1 Å². The van der Waals surface area contributed by atoms with Gasteiger partial charge in [-0.25, -0.2) is 9.97 Å². The lowest BCUT2D eigenvalue weighted by Gasteiger charge is -2.23. The van der Waals surface area contributed by atoms with Gasteiger partial charge in [0.05, 0.1) is 22.2 Å². The number of nitrogens with zero attached hydrogens (tertiary/aromatic N) is 3. The summed E-state index contributed by atoms with van der Waals surface area (Å²) in [6.07, 6.45) is 0. The maximum absolute atomic E-state index is 5.96. The molecule has 4 nitrogen and oxygen atoms in total. The average molecular weight is 342 g/mol. The van der Waals surface area contributed by atoms with Gasteiger partial charge >= 0.3 is 0 Å². The zero-order chi connectivity index (χ0) is 18.1. The Bertz CT molecular complexity index is 1070. The summed E-state index contributed by atoms with van der Waals surface area (Å²) >= 11 is 0. The van der Waals surface area contributed by atoms with E-state index in [1.54, 1.807) is 0 Å². The minimum atomic E-state index is 0.703. The van der Waals surface area contributed by atoms with Crippen molar-refractivity contribution in [3.05, 3.63) is 60.7 Å². The number of hydrogen-bond acceptors (Lipinski definition) is 4. The third-order valence-electron chi connectivity index (χ3n) is 4.78. The van der Waals surface area contributed by atoms with Crippen LogP contribution in [-0.2, 0) is 0 Å². The second-order valence-corrected chi connectivity index (χ2v) is 6.34. The fraction of sp³-hybridized carbons (Fsp3) is 0.182. The van der Waals surface area contributed by atoms with Crippen LogP contribution in [0.15, 0.2) is 60.7 Å². The molecule has 1 aromatic heterocycles. The summed E-state index contributed by atoms with van der Waals surface area (Å²) in [6, 6.07) is 20.4. The van der Waals surface area contributed by atoms with Crippen molar-refractivity contribution in [1.29, 1.82) is 0 Å². The van der Waals surface area contributed by atoms with E-state index in [1.165, 1.54) is 0 Å². The first-order valence-electron chi connectivity index (χ1n) is 9.01. The number of rotatable bonds is 4. The molecule has 0 fully saturated rings. The van der Waals surface area contributed by atoms with Gasteiger partial charge in [-0.2, -0.15) is 0 Å². The van der Waals surface area contributed by atoms with Crippen LogP contribution < -0.4 is 10.6 Å². The Balaban J connectivity index is 2.08. The van der Waals surface area contributed by atoms with E-state index in [2.05, 4.69) is 55.1 Å². The fourth-order valence-electron chi connectivity index (χ4n) is 3.43. The van der Waals surface area contributed by atoms with Crippen molar-refractivity contribution >= 4 is 33.4 Å². The smallest absolute Gasteiger partial charge is 0.113 e. The molecule has 4 heteroatoms. The molecule has 2 N–H and O–H groups in total. The van der Waals surface area contributed by atoms with Crippen molar-refractivity contribution in [2.24, 2.45) is 0 Å². The lowest BCUT2D eigenvalue weighted by Crippen LogP contribution is -2.22. The zero-order valence-corrected chi connectivity index (χ0v) is 15.1. The van der Waals surface area contributed by atoms with Crippen LogP contribution >= 0.6 is 0 Å². The van der Waals surface area contributed by atoms with Gasteiger partial charge in [0, 0.05) is 24.3 Å². The van der Waals surface area contributed by atoms with E-state index in [-0.39, 0.29) is 0 Å². The van der Waals surface area contributed by atoms with E-state index in [0.29, 0.717) is 5.69 Å². The van der Waals surface area contributed by atoms with Gasteiger partial charge in [0.2, 0.25) is 0 Å². The monoisotopic (exact) mass is 342 g/mol. The van der Waals surface area contributed by atoms with E-state index >= 15 is 0 Å². The average Bonchev–Trinajstić information content (AvgIpc) is 2.68. The lowest BCUT2D eigenvalue weighted by molar-refractivity contribution is 0.869. The maximum Gasteiger partial charge on any atom is 0.113 e. The molecule has 0 aliphatic heterocycles. The number of nitrogen functional groups attached to an aromatic ring is 1. The molecule has 130 valence electrons. The molecule has 3 aromatic carbocycles. The van der Waals surface area contributed by atoms with Crippen molar-refractivity contribution in [2.45, 2.75) is 13.8 Å². The number of aromatic nitrogens is 2. The molecule has 26 heavy (non-hydrogen) atoms. The Kier molecular flexibility index (Phi) is 4.17. The topological polar surface area (TPSA) is 55.0 Å². The van der Waals surface area contributed by atoms with E-state index in [1.807, 2.05) is 24.3 Å². The molecule has 0 spiro atoms. The summed E-state index contributed by atoms with van der Waals surface area (Å²) in [5, 5.41) is 0. The lowest BCUT2D eigenvalue weighted by atomic mass is 10.0. The summed E-state index contributed by atoms with van der Waals surface area (Å²) in [4.78, 5) is 12.2. The largest absolute Gasteiger partial charge is 0.399 e. The predicted molar refractivity (Wildman–Crippen MR) is 110 cm³/mol. The summed E-state index contributed by atoms with van der Waals surface area (Å²) < 4.78 is 0. The molecule has 0 aliphatic rings. The number of nitrogens with two attached hydrogens (primary N) is 1. The third-order valence-corrected chi connectivity index (χ3v) is 4.78. The number of benzene rings is 3. The quantitative estimate of drug-likeness (QED) is 0.424. The zero-order valence-electron chi connectivity index (χ0n) is 15.1. The minimum Gasteiger partial charge on any atom is -0.399 e. The first-order valence-corrected chi connectivity index (χ1v) is 9.01. The van der Waals surface area contributed by atoms with Crippen LogP contribution in [0.1, 0.15) is 13.8 Å². The third kappa shape index (κ3) is 2.73. The van der Waals surface area contributed by atoms with Crippen molar-refractivity contribution in [1.82, 2.24) is 9.97 Å². The second-order valence-electron chi connectivity index (χ2n) is 6.34. The standard InChI is InChI=1S/C22H22N4/c1-3-26(4-2)20-13-11-17(15-8-6-5-7-9-15)21-22(20)25-19-14-16(23)10-12-18(19)24-21/h5-14H,3-4,23H2,1-2H3. The molecule has 0 unspecified atom stereocenters. The molecular formula is C22H22N4. The van der Waals surface area contributed by atoms with Gasteiger partial charge in [0.1, 0.15) is 5.52 Å². The van der Waals surface area contributed by atoms with Crippen LogP contribution in [-0.4, -0.2) is 23.1 Å². The molecule has 0 amide bonds. The predicted octanol–water partition coefficient (Wildman–Crippen LogP) is 4.88. The van der Waals surface area contributed by atoms with Gasteiger partial charge < -0.3 is 10.6 Å². The van der Waals surface area contributed by atoms with Crippen LogP contribution in [0.25, 0.3) is 33.2 Å². The summed E-state index contributed by atoms with van der Waals surface area (Å²) in [5.74, 6) is 0. The molecule has 0 saturated carbocycles. The highest BCUT2D eigenvalue weighted by Crippen LogP contribution is 2.34. The van der Waals surface area contributed by atoms with Gasteiger partial charge in [-0.15, -0.1) is 0 Å². The first kappa shape index (κ1) is 16.3. The molecule has 4 aromatic rings. The summed E-state index contributed by atoms with van der Waals surface area (Å²) in [5.41, 5.74) is 13.6. The Labute approximate surface area is 153 Å². The van der Waals surface area contributed by atoms with Crippen LogP contribution in [0, 0.1) is 0 Å². The molecule has 0 radical (unpaired) electrons. The minimum absolute atomic E-state index is 0.703. The number of anilines is 2. The summed E-state index contributed by atoms with van der Waals surface area (Å²) in [7, 11) is 0. The summed E-state index contributed by atoms with van der Waals surface area (Å²) in [6.45, 7) is 6.17. The number of fused-ring (bicyclic) bond motifs is 2. The molecule has 4 rings (SSSR count). The van der Waals surface area contributed by atoms with Crippen LogP contribution in [0.2, 0.25) is 0 Å². The van der Waals surface area contributed by atoms with Crippen molar-refractivity contribution in [3.63, 3.8) is 0 Å². The van der Waals surface area contributed by atoms with E-state index in [0.717, 1.165) is 52.0 Å². The Morgan fingerprint density at radius 3 is 2.27 bits per heavy atom. The van der Waals surface area contributed by atoms with Gasteiger partial charge in [-0.05, 0) is 49.7 Å². The van der Waals surface area contributed by atoms with Crippen LogP contribution in [0.4, 0.5) is 11.4 Å². The van der Waals surface area contributed by atoms with Gasteiger partial charge in [0.15, 0.2) is 0 Å². The van der Waals surface area contributed by atoms with Gasteiger partial charge in [-0.1, -0.05) is 30.3 Å². The highest BCUT2D eigenvalue weighted by molar-refractivity contribution is 6.02. The van der Waals surface area contributed by atoms with E-state index in [4.69, 9.17) is 15.7 Å². The van der Waals surface area contributed by atoms with Crippen LogP contribution in [0.3, 0.4) is 0 Å². The second kappa shape index (κ2) is 6.64. The molecule has 0 saturated heterocycles. The maximum atomic E-state index is 5.96. The fourth-order valence-corrected chi connectivity index (χ4v) is 3.43. The van der Waals surface area contributed by atoms with E-state index < -0.39 is 0 Å². The number of hydrogen-bond donors (Lipinski definition) is 1. The van der Waals surface area contributed by atoms with Gasteiger partial charge in [0.25, 0.3) is 0 Å². The normalized spacial score (nSPS) is 11.2. The molecule has 0 atom stereocenters. The highest BCUT2D eigenvalue weighted by Gasteiger charge is 2.15. The Morgan fingerprint density at radius 1 is 0.808 bits per heavy atom. The SMILES string of the molecule is CCN(CC)c1ccc(-c2ccccc2)c2nc3ccc(N)cc3nc12. The van der Waals surface area contributed by atoms with Crippen molar-refractivity contribution in [2.75, 3.05) is 23.7 Å². The Morgan fingerprint density at radius 2 is 1.54 bits per heavy atom. The van der Waals surface area contributed by atoms with E-state index in [9.17, 15) is 0 Å².